The second kappa shape index (κ2) is 7.76. The number of hydrogen-bond donors (Lipinski definition) is 0. The maximum Gasteiger partial charge on any atom is 0.253 e. The molecule has 1 fully saturated rings. The predicted molar refractivity (Wildman–Crippen MR) is 106 cm³/mol. The van der Waals surface area contributed by atoms with Crippen LogP contribution in [0.15, 0.2) is 60.9 Å². The lowest BCUT2D eigenvalue weighted by Crippen LogP contribution is -2.28. The molecular formula is C22H23N3O3. The fraction of sp³-hybridized carbons (Fsp3) is 0.273. The lowest BCUT2D eigenvalue weighted by Gasteiger charge is -2.19. The third-order valence-corrected chi connectivity index (χ3v) is 5.21. The van der Waals surface area contributed by atoms with Gasteiger partial charge in [0.05, 0.1) is 19.9 Å². The molecule has 1 aliphatic rings. The summed E-state index contributed by atoms with van der Waals surface area (Å²) in [5, 5.41) is 4.24. The Morgan fingerprint density at radius 3 is 2.75 bits per heavy atom. The van der Waals surface area contributed by atoms with Crippen molar-refractivity contribution in [1.82, 2.24) is 14.7 Å². The van der Waals surface area contributed by atoms with Crippen molar-refractivity contribution in [3.05, 3.63) is 72.1 Å². The Labute approximate surface area is 164 Å². The van der Waals surface area contributed by atoms with E-state index in [-0.39, 0.29) is 11.8 Å². The smallest absolute Gasteiger partial charge is 0.253 e. The van der Waals surface area contributed by atoms with Gasteiger partial charge in [-0.2, -0.15) is 5.10 Å². The van der Waals surface area contributed by atoms with E-state index in [1.165, 1.54) is 0 Å². The lowest BCUT2D eigenvalue weighted by atomic mass is 9.97. The number of carbonyl (C=O) groups is 1. The SMILES string of the molecule is COc1ccc(OC)c(C2CCN(C(=O)c3cccc(-n4cccn4)c3)C2)c1. The second-order valence-corrected chi connectivity index (χ2v) is 6.85. The van der Waals surface area contributed by atoms with Crippen LogP contribution in [0, 0.1) is 0 Å². The van der Waals surface area contributed by atoms with E-state index < -0.39 is 0 Å². The predicted octanol–water partition coefficient (Wildman–Crippen LogP) is 3.52. The zero-order valence-corrected chi connectivity index (χ0v) is 16.0. The van der Waals surface area contributed by atoms with E-state index in [4.69, 9.17) is 9.47 Å². The molecule has 4 rings (SSSR count). The molecule has 0 spiro atoms. The quantitative estimate of drug-likeness (QED) is 0.683. The molecule has 1 unspecified atom stereocenters. The summed E-state index contributed by atoms with van der Waals surface area (Å²) >= 11 is 0. The van der Waals surface area contributed by atoms with Crippen LogP contribution in [0.5, 0.6) is 11.5 Å². The Morgan fingerprint density at radius 2 is 2.00 bits per heavy atom. The van der Waals surface area contributed by atoms with Crippen LogP contribution in [0.25, 0.3) is 5.69 Å². The van der Waals surface area contributed by atoms with Gasteiger partial charge in [0.15, 0.2) is 0 Å². The molecule has 0 N–H and O–H groups in total. The van der Waals surface area contributed by atoms with Crippen molar-refractivity contribution in [1.29, 1.82) is 0 Å². The Balaban J connectivity index is 1.53. The fourth-order valence-electron chi connectivity index (χ4n) is 3.74. The summed E-state index contributed by atoms with van der Waals surface area (Å²) in [5.41, 5.74) is 2.63. The van der Waals surface area contributed by atoms with E-state index in [0.717, 1.165) is 35.7 Å². The van der Waals surface area contributed by atoms with Crippen LogP contribution in [0.4, 0.5) is 0 Å². The molecule has 2 aromatic carbocycles. The Kier molecular flexibility index (Phi) is 5.02. The van der Waals surface area contributed by atoms with Gasteiger partial charge >= 0.3 is 0 Å². The van der Waals surface area contributed by atoms with Crippen LogP contribution in [-0.2, 0) is 0 Å². The third-order valence-electron chi connectivity index (χ3n) is 5.21. The lowest BCUT2D eigenvalue weighted by molar-refractivity contribution is 0.0790. The molecule has 3 aromatic rings. The van der Waals surface area contributed by atoms with Crippen LogP contribution < -0.4 is 9.47 Å². The van der Waals surface area contributed by atoms with Gasteiger partial charge in [-0.15, -0.1) is 0 Å². The number of nitrogens with zero attached hydrogens (tertiary/aromatic N) is 3. The van der Waals surface area contributed by atoms with Gasteiger partial charge < -0.3 is 14.4 Å². The van der Waals surface area contributed by atoms with Crippen molar-refractivity contribution in [2.24, 2.45) is 0 Å². The van der Waals surface area contributed by atoms with Crippen LogP contribution in [0.2, 0.25) is 0 Å². The zero-order chi connectivity index (χ0) is 19.5. The van der Waals surface area contributed by atoms with Gasteiger partial charge in [-0.25, -0.2) is 4.68 Å². The fourth-order valence-corrected chi connectivity index (χ4v) is 3.74. The van der Waals surface area contributed by atoms with Crippen molar-refractivity contribution < 1.29 is 14.3 Å². The topological polar surface area (TPSA) is 56.6 Å². The molecule has 6 nitrogen and oxygen atoms in total. The molecule has 144 valence electrons. The summed E-state index contributed by atoms with van der Waals surface area (Å²) in [6.45, 7) is 1.38. The second-order valence-electron chi connectivity index (χ2n) is 6.85. The Hall–Kier alpha value is -3.28. The molecule has 1 saturated heterocycles. The number of methoxy groups -OCH3 is 2. The maximum atomic E-state index is 13.1. The van der Waals surface area contributed by atoms with E-state index >= 15 is 0 Å². The first kappa shape index (κ1) is 18.1. The first-order valence-electron chi connectivity index (χ1n) is 9.31. The normalized spacial score (nSPS) is 16.2. The molecule has 0 aliphatic carbocycles. The number of rotatable bonds is 5. The average Bonchev–Trinajstić information content (AvgIpc) is 3.45. The molecular weight excluding hydrogens is 354 g/mol. The monoisotopic (exact) mass is 377 g/mol. The van der Waals surface area contributed by atoms with Gasteiger partial charge in [-0.05, 0) is 48.9 Å². The standard InChI is InChI=1S/C22H23N3O3/c1-27-19-7-8-21(28-2)20(14-19)17-9-12-24(15-17)22(26)16-5-3-6-18(13-16)25-11-4-10-23-25/h3-8,10-11,13-14,17H,9,12,15H2,1-2H3. The van der Waals surface area contributed by atoms with E-state index in [9.17, 15) is 4.79 Å². The number of benzene rings is 2. The first-order chi connectivity index (χ1) is 13.7. The maximum absolute atomic E-state index is 13.1. The van der Waals surface area contributed by atoms with Gasteiger partial charge in [-0.1, -0.05) is 6.07 Å². The Morgan fingerprint density at radius 1 is 1.11 bits per heavy atom. The summed E-state index contributed by atoms with van der Waals surface area (Å²) < 4.78 is 12.6. The molecule has 1 aliphatic heterocycles. The van der Waals surface area contributed by atoms with E-state index in [1.54, 1.807) is 25.1 Å². The number of likely N-dealkylation sites (tertiary alicyclic amines) is 1. The van der Waals surface area contributed by atoms with Gasteiger partial charge in [0.25, 0.3) is 5.91 Å². The molecule has 0 saturated carbocycles. The van der Waals surface area contributed by atoms with Gasteiger partial charge in [0.1, 0.15) is 11.5 Å². The summed E-state index contributed by atoms with van der Waals surface area (Å²) in [7, 11) is 3.33. The highest BCUT2D eigenvalue weighted by atomic mass is 16.5. The van der Waals surface area contributed by atoms with Crippen molar-refractivity contribution in [3.8, 4) is 17.2 Å². The van der Waals surface area contributed by atoms with Crippen LogP contribution in [-0.4, -0.2) is 47.9 Å². The molecule has 0 radical (unpaired) electrons. The van der Waals surface area contributed by atoms with E-state index in [0.29, 0.717) is 12.1 Å². The third kappa shape index (κ3) is 3.45. The van der Waals surface area contributed by atoms with Crippen molar-refractivity contribution in [2.75, 3.05) is 27.3 Å². The largest absolute Gasteiger partial charge is 0.497 e. The van der Waals surface area contributed by atoms with Crippen molar-refractivity contribution >= 4 is 5.91 Å². The zero-order valence-electron chi connectivity index (χ0n) is 16.0. The van der Waals surface area contributed by atoms with Crippen LogP contribution >= 0.6 is 0 Å². The average molecular weight is 377 g/mol. The summed E-state index contributed by atoms with van der Waals surface area (Å²) in [5.74, 6) is 1.90. The molecule has 1 aromatic heterocycles. The molecule has 1 atom stereocenters. The van der Waals surface area contributed by atoms with Crippen LogP contribution in [0.1, 0.15) is 28.3 Å². The highest BCUT2D eigenvalue weighted by molar-refractivity contribution is 5.95. The number of hydrogen-bond acceptors (Lipinski definition) is 4. The highest BCUT2D eigenvalue weighted by Gasteiger charge is 2.30. The molecule has 1 amide bonds. The minimum absolute atomic E-state index is 0.0402. The number of carbonyl (C=O) groups excluding carboxylic acids is 1. The Bertz CT molecular complexity index is 969. The number of aromatic nitrogens is 2. The minimum atomic E-state index is 0.0402. The van der Waals surface area contributed by atoms with Gasteiger partial charge in [0, 0.05) is 42.5 Å². The van der Waals surface area contributed by atoms with Crippen molar-refractivity contribution in [2.45, 2.75) is 12.3 Å². The minimum Gasteiger partial charge on any atom is -0.497 e. The summed E-state index contributed by atoms with van der Waals surface area (Å²) in [4.78, 5) is 15.0. The van der Waals surface area contributed by atoms with Crippen molar-refractivity contribution in [3.63, 3.8) is 0 Å². The molecule has 0 bridgehead atoms. The summed E-state index contributed by atoms with van der Waals surface area (Å²) in [6.07, 6.45) is 4.49. The number of ether oxygens (including phenoxy) is 2. The summed E-state index contributed by atoms with van der Waals surface area (Å²) in [6, 6.07) is 15.3. The van der Waals surface area contributed by atoms with Gasteiger partial charge in [0.2, 0.25) is 0 Å². The number of amides is 1. The van der Waals surface area contributed by atoms with E-state index in [2.05, 4.69) is 5.10 Å². The van der Waals surface area contributed by atoms with Crippen LogP contribution in [0.3, 0.4) is 0 Å². The van der Waals surface area contributed by atoms with E-state index in [1.807, 2.05) is 59.6 Å². The molecule has 6 heteroatoms. The first-order valence-corrected chi connectivity index (χ1v) is 9.31. The molecule has 28 heavy (non-hydrogen) atoms. The van der Waals surface area contributed by atoms with Gasteiger partial charge in [-0.3, -0.25) is 4.79 Å². The highest BCUT2D eigenvalue weighted by Crippen LogP contribution is 2.36. The molecule has 2 heterocycles.